The average Bonchev–Trinajstić information content (AvgIpc) is 2.89. The normalized spacial score (nSPS) is 15.6. The van der Waals surface area contributed by atoms with Crippen molar-refractivity contribution in [3.8, 4) is 0 Å². The number of para-hydroxylation sites is 1. The van der Waals surface area contributed by atoms with Gasteiger partial charge in [0.25, 0.3) is 0 Å². The van der Waals surface area contributed by atoms with E-state index in [1.807, 2.05) is 54.6 Å². The molecule has 0 aromatic heterocycles. The molecule has 1 N–H and O–H groups in total. The zero-order valence-electron chi connectivity index (χ0n) is 20.8. The highest BCUT2D eigenvalue weighted by atomic mass is 16.2. The number of nitrogens with zero attached hydrogens (tertiary/aromatic N) is 1. The number of anilines is 1. The van der Waals surface area contributed by atoms with Gasteiger partial charge in [0.15, 0.2) is 5.78 Å². The first-order valence-corrected chi connectivity index (χ1v) is 12.8. The average molecular weight is 469 g/mol. The first-order chi connectivity index (χ1) is 17.0. The number of nitrogens with one attached hydrogen (secondary N) is 1. The van der Waals surface area contributed by atoms with Crippen molar-refractivity contribution in [3.05, 3.63) is 102 Å². The van der Waals surface area contributed by atoms with Crippen LogP contribution in [0.5, 0.6) is 0 Å². The van der Waals surface area contributed by atoms with E-state index >= 15 is 0 Å². The number of amides is 1. The molecule has 3 aromatic rings. The number of likely N-dealkylation sites (tertiary alicyclic amines) is 1. The van der Waals surface area contributed by atoms with Crippen molar-refractivity contribution in [2.24, 2.45) is 5.92 Å². The van der Waals surface area contributed by atoms with Crippen LogP contribution < -0.4 is 5.32 Å². The first-order valence-electron chi connectivity index (χ1n) is 12.8. The van der Waals surface area contributed by atoms with Crippen LogP contribution in [0.3, 0.4) is 0 Å². The molecule has 1 aliphatic heterocycles. The van der Waals surface area contributed by atoms with Crippen LogP contribution in [0.25, 0.3) is 0 Å². The maximum absolute atomic E-state index is 13.4. The second-order valence-corrected chi connectivity index (χ2v) is 9.94. The van der Waals surface area contributed by atoms with Crippen LogP contribution in [0.4, 0.5) is 5.69 Å². The fourth-order valence-electron chi connectivity index (χ4n) is 4.90. The van der Waals surface area contributed by atoms with E-state index in [0.717, 1.165) is 38.0 Å². The van der Waals surface area contributed by atoms with Crippen molar-refractivity contribution in [1.82, 2.24) is 4.90 Å². The summed E-state index contributed by atoms with van der Waals surface area (Å²) in [4.78, 5) is 28.8. The molecule has 0 saturated carbocycles. The standard InChI is InChI=1S/C31H36N2O2/c1-23(2)26-13-15-27(16-14-26)30(34)22-29(31(35)32-28-11-7-4-8-12-28)33-19-17-25(18-20-33)21-24-9-5-3-6-10-24/h3-16,23,25,29H,17-22H2,1-2H3,(H,32,35). The van der Waals surface area contributed by atoms with Crippen LogP contribution in [0.1, 0.15) is 60.5 Å². The molecule has 0 spiro atoms. The van der Waals surface area contributed by atoms with E-state index in [-0.39, 0.29) is 18.1 Å². The van der Waals surface area contributed by atoms with Gasteiger partial charge in [-0.25, -0.2) is 0 Å². The minimum atomic E-state index is -0.481. The first kappa shape index (κ1) is 24.9. The van der Waals surface area contributed by atoms with Crippen LogP contribution in [-0.4, -0.2) is 35.7 Å². The van der Waals surface area contributed by atoms with Gasteiger partial charge in [0.2, 0.25) is 5.91 Å². The molecular weight excluding hydrogens is 432 g/mol. The molecular formula is C31H36N2O2. The van der Waals surface area contributed by atoms with Crippen LogP contribution in [0.15, 0.2) is 84.9 Å². The lowest BCUT2D eigenvalue weighted by atomic mass is 9.89. The van der Waals surface area contributed by atoms with Gasteiger partial charge < -0.3 is 5.32 Å². The van der Waals surface area contributed by atoms with Crippen molar-refractivity contribution in [1.29, 1.82) is 0 Å². The van der Waals surface area contributed by atoms with Crippen LogP contribution >= 0.6 is 0 Å². The predicted octanol–water partition coefficient (Wildman–Crippen LogP) is 6.34. The van der Waals surface area contributed by atoms with Gasteiger partial charge >= 0.3 is 0 Å². The quantitative estimate of drug-likeness (QED) is 0.373. The number of Topliss-reactive ketones (excluding diaryl/α,β-unsaturated/α-hetero) is 1. The predicted molar refractivity (Wildman–Crippen MR) is 143 cm³/mol. The number of ketones is 1. The minimum Gasteiger partial charge on any atom is -0.325 e. The van der Waals surface area contributed by atoms with Crippen molar-refractivity contribution >= 4 is 17.4 Å². The summed E-state index contributed by atoms with van der Waals surface area (Å²) in [5.74, 6) is 0.927. The van der Waals surface area contributed by atoms with Crippen molar-refractivity contribution in [3.63, 3.8) is 0 Å². The number of hydrogen-bond acceptors (Lipinski definition) is 3. The number of hydrogen-bond donors (Lipinski definition) is 1. The van der Waals surface area contributed by atoms with E-state index in [9.17, 15) is 9.59 Å². The molecule has 0 radical (unpaired) electrons. The third-order valence-electron chi connectivity index (χ3n) is 7.08. The van der Waals surface area contributed by atoms with E-state index in [4.69, 9.17) is 0 Å². The Kier molecular flexibility index (Phi) is 8.49. The highest BCUT2D eigenvalue weighted by molar-refractivity contribution is 6.02. The third kappa shape index (κ3) is 6.89. The summed E-state index contributed by atoms with van der Waals surface area (Å²) in [5, 5.41) is 3.04. The Morgan fingerprint density at radius 2 is 1.46 bits per heavy atom. The third-order valence-corrected chi connectivity index (χ3v) is 7.08. The fraction of sp³-hybridized carbons (Fsp3) is 0.355. The molecule has 1 amide bonds. The molecule has 4 nitrogen and oxygen atoms in total. The summed E-state index contributed by atoms with van der Waals surface area (Å²) in [6.45, 7) is 5.93. The summed E-state index contributed by atoms with van der Waals surface area (Å²) < 4.78 is 0. The highest BCUT2D eigenvalue weighted by Crippen LogP contribution is 2.25. The second-order valence-electron chi connectivity index (χ2n) is 9.94. The van der Waals surface area contributed by atoms with Crippen molar-refractivity contribution in [2.75, 3.05) is 18.4 Å². The monoisotopic (exact) mass is 468 g/mol. The van der Waals surface area contributed by atoms with Crippen LogP contribution in [0, 0.1) is 5.92 Å². The van der Waals surface area contributed by atoms with Gasteiger partial charge in [-0.1, -0.05) is 86.6 Å². The number of carbonyl (C=O) groups excluding carboxylic acids is 2. The summed E-state index contributed by atoms with van der Waals surface area (Å²) in [6.07, 6.45) is 3.31. The molecule has 182 valence electrons. The number of rotatable bonds is 9. The molecule has 1 unspecified atom stereocenters. The summed E-state index contributed by atoms with van der Waals surface area (Å²) in [6, 6.07) is 27.5. The van der Waals surface area contributed by atoms with Gasteiger partial charge in [0.05, 0.1) is 6.04 Å². The lowest BCUT2D eigenvalue weighted by molar-refractivity contribution is -0.121. The smallest absolute Gasteiger partial charge is 0.242 e. The van der Waals surface area contributed by atoms with E-state index in [2.05, 4.69) is 54.4 Å². The molecule has 1 fully saturated rings. The zero-order chi connectivity index (χ0) is 24.6. The van der Waals surface area contributed by atoms with Crippen molar-refractivity contribution in [2.45, 2.75) is 51.5 Å². The molecule has 0 aliphatic carbocycles. The molecule has 35 heavy (non-hydrogen) atoms. The SMILES string of the molecule is CC(C)c1ccc(C(=O)CC(C(=O)Nc2ccccc2)N2CCC(Cc3ccccc3)CC2)cc1. The summed E-state index contributed by atoms with van der Waals surface area (Å²) in [5.41, 5.74) is 4.01. The summed E-state index contributed by atoms with van der Waals surface area (Å²) in [7, 11) is 0. The van der Waals surface area contributed by atoms with Gasteiger partial charge in [0, 0.05) is 17.7 Å². The molecule has 1 saturated heterocycles. The lowest BCUT2D eigenvalue weighted by Crippen LogP contribution is -2.49. The van der Waals surface area contributed by atoms with E-state index in [1.54, 1.807) is 0 Å². The Morgan fingerprint density at radius 3 is 2.06 bits per heavy atom. The van der Waals surface area contributed by atoms with Gasteiger partial charge in [-0.05, 0) is 67.4 Å². The van der Waals surface area contributed by atoms with E-state index in [0.29, 0.717) is 17.4 Å². The van der Waals surface area contributed by atoms with Crippen LogP contribution in [-0.2, 0) is 11.2 Å². The number of benzene rings is 3. The molecule has 4 heteroatoms. The summed E-state index contributed by atoms with van der Waals surface area (Å²) >= 11 is 0. The highest BCUT2D eigenvalue weighted by Gasteiger charge is 2.32. The van der Waals surface area contributed by atoms with E-state index in [1.165, 1.54) is 11.1 Å². The molecule has 3 aromatic carbocycles. The Bertz CT molecular complexity index is 1090. The van der Waals surface area contributed by atoms with Gasteiger partial charge in [0.1, 0.15) is 0 Å². The molecule has 1 aliphatic rings. The van der Waals surface area contributed by atoms with Crippen LogP contribution in [0.2, 0.25) is 0 Å². The van der Waals surface area contributed by atoms with Gasteiger partial charge in [-0.2, -0.15) is 0 Å². The van der Waals surface area contributed by atoms with Gasteiger partial charge in [-0.15, -0.1) is 0 Å². The molecule has 1 heterocycles. The van der Waals surface area contributed by atoms with Gasteiger partial charge in [-0.3, -0.25) is 14.5 Å². The minimum absolute atomic E-state index is 0.0138. The Hall–Kier alpha value is -3.24. The lowest BCUT2D eigenvalue weighted by Gasteiger charge is -2.36. The Morgan fingerprint density at radius 1 is 0.857 bits per heavy atom. The molecule has 4 rings (SSSR count). The maximum Gasteiger partial charge on any atom is 0.242 e. The Labute approximate surface area is 209 Å². The largest absolute Gasteiger partial charge is 0.325 e. The number of piperidine rings is 1. The molecule has 1 atom stereocenters. The molecule has 0 bridgehead atoms. The topological polar surface area (TPSA) is 49.4 Å². The zero-order valence-corrected chi connectivity index (χ0v) is 20.8. The second kappa shape index (κ2) is 11.9. The number of carbonyl (C=O) groups is 2. The van der Waals surface area contributed by atoms with Crippen molar-refractivity contribution < 1.29 is 9.59 Å². The maximum atomic E-state index is 13.4. The van der Waals surface area contributed by atoms with E-state index < -0.39 is 6.04 Å². The Balaban J connectivity index is 1.45. The fourth-order valence-corrected chi connectivity index (χ4v) is 4.90.